The van der Waals surface area contributed by atoms with Crippen LogP contribution in [-0.4, -0.2) is 64.1 Å². The Kier molecular flexibility index (Phi) is 4.22. The molecule has 0 aliphatic carbocycles. The minimum absolute atomic E-state index is 0.0936. The Balaban J connectivity index is 2.10. The highest BCUT2D eigenvalue weighted by Gasteiger charge is 2.23. The first kappa shape index (κ1) is 15.7. The highest BCUT2D eigenvalue weighted by molar-refractivity contribution is 7.84. The predicted molar refractivity (Wildman–Crippen MR) is 76.5 cm³/mol. The molecule has 116 valence electrons. The normalized spacial score (nSPS) is 19.6. The van der Waals surface area contributed by atoms with Gasteiger partial charge in [0.15, 0.2) is 0 Å². The number of quaternary nitrogens is 2. The van der Waals surface area contributed by atoms with E-state index in [9.17, 15) is 13.5 Å². The Morgan fingerprint density at radius 1 is 1.24 bits per heavy atom. The summed E-state index contributed by atoms with van der Waals surface area (Å²) in [6.07, 6.45) is 0. The summed E-state index contributed by atoms with van der Waals surface area (Å²) in [6, 6.07) is 5.68. The molecule has 8 heteroatoms. The van der Waals surface area contributed by atoms with Crippen LogP contribution >= 0.6 is 0 Å². The van der Waals surface area contributed by atoms with Crippen molar-refractivity contribution in [2.45, 2.75) is 4.90 Å². The van der Waals surface area contributed by atoms with Crippen LogP contribution in [0, 0.1) is 0 Å². The van der Waals surface area contributed by atoms with Crippen molar-refractivity contribution < 1.29 is 23.1 Å². The molecule has 0 bridgehead atoms. The van der Waals surface area contributed by atoms with Crippen LogP contribution in [0.2, 0.25) is 0 Å². The number of hydrogen-bond donors (Lipinski definition) is 1. The topological polar surface area (TPSA) is 100 Å². The average molecular weight is 313 g/mol. The highest BCUT2D eigenvalue weighted by Crippen LogP contribution is 2.10. The van der Waals surface area contributed by atoms with E-state index < -0.39 is 10.0 Å². The summed E-state index contributed by atoms with van der Waals surface area (Å²) in [7, 11) is 0.810. The van der Waals surface area contributed by atoms with Gasteiger partial charge < -0.3 is 9.59 Å². The number of nitrogens with zero attached hydrogens (tertiary/aromatic N) is 3. The van der Waals surface area contributed by atoms with Crippen LogP contribution in [0.15, 0.2) is 34.3 Å². The molecule has 0 saturated carbocycles. The molecule has 0 unspecified atom stereocenters. The van der Waals surface area contributed by atoms with E-state index in [-0.39, 0.29) is 10.8 Å². The van der Waals surface area contributed by atoms with Crippen molar-refractivity contribution in [3.63, 3.8) is 0 Å². The van der Waals surface area contributed by atoms with Gasteiger partial charge in [-0.25, -0.2) is 5.14 Å². The van der Waals surface area contributed by atoms with Gasteiger partial charge >= 0.3 is 10.0 Å². The second-order valence-electron chi connectivity index (χ2n) is 5.88. The van der Waals surface area contributed by atoms with Gasteiger partial charge in [-0.1, -0.05) is 12.1 Å². The van der Waals surface area contributed by atoms with Crippen LogP contribution in [0.5, 0.6) is 0 Å². The third-order valence-electron chi connectivity index (χ3n) is 3.62. The maximum atomic E-state index is 12.1. The molecular weight excluding hydrogens is 292 g/mol. The van der Waals surface area contributed by atoms with Crippen LogP contribution < -0.4 is 10.2 Å². The summed E-state index contributed by atoms with van der Waals surface area (Å²) >= 11 is 0. The Labute approximate surface area is 124 Å². The fraction of sp³-hybridized carbons (Fsp3) is 0.462. The number of rotatable bonds is 3. The van der Waals surface area contributed by atoms with E-state index in [4.69, 9.17) is 0 Å². The standard InChI is InChI=1S/C13H20N4O3S/c1-17(2)9-7-16(8-10-17)15-13(18)11-3-5-12(6-4-11)21(14,19)20/h3-6H,7-10H2,1-2H3,(H2-,14,15,18,19,20)/p+1. The predicted octanol–water partition coefficient (Wildman–Crippen LogP) is -1.97. The van der Waals surface area contributed by atoms with Gasteiger partial charge in [-0.3, -0.25) is 5.01 Å². The molecule has 0 radical (unpaired) electrons. The third kappa shape index (κ3) is 4.16. The molecule has 1 aromatic rings. The van der Waals surface area contributed by atoms with E-state index in [1.54, 1.807) is 5.01 Å². The molecular formula is C13H21N4O3S+. The first-order chi connectivity index (χ1) is 9.67. The fourth-order valence-corrected chi connectivity index (χ4v) is 2.64. The van der Waals surface area contributed by atoms with Crippen LogP contribution in [-0.2, 0) is 10.0 Å². The molecule has 1 aliphatic heterocycles. The molecule has 21 heavy (non-hydrogen) atoms. The van der Waals surface area contributed by atoms with Gasteiger partial charge in [0.05, 0.1) is 40.3 Å². The van der Waals surface area contributed by atoms with Gasteiger partial charge in [0.25, 0.3) is 0 Å². The SMILES string of the molecule is C[N+]1(C)CCN(N=C([O-])c2ccc(S([NH3+])(=O)=O)cc2)CC1. The smallest absolute Gasteiger partial charge is 0.322 e. The van der Waals surface area contributed by atoms with E-state index in [1.807, 2.05) is 0 Å². The summed E-state index contributed by atoms with van der Waals surface area (Å²) in [5.74, 6) is -0.352. The molecule has 0 spiro atoms. The summed E-state index contributed by atoms with van der Waals surface area (Å²) in [5.41, 5.74) is 0.377. The van der Waals surface area contributed by atoms with Gasteiger partial charge in [0.1, 0.15) is 4.90 Å². The molecule has 0 amide bonds. The second kappa shape index (κ2) is 5.63. The largest absolute Gasteiger partial charge is 0.857 e. The van der Waals surface area contributed by atoms with Crippen LogP contribution in [0.3, 0.4) is 0 Å². The summed E-state index contributed by atoms with van der Waals surface area (Å²) in [4.78, 5) is 0.0936. The van der Waals surface area contributed by atoms with Gasteiger partial charge in [-0.2, -0.15) is 13.5 Å². The maximum Gasteiger partial charge on any atom is 0.322 e. The number of piperazine rings is 1. The lowest BCUT2D eigenvalue weighted by Gasteiger charge is -2.38. The van der Waals surface area contributed by atoms with Crippen LogP contribution in [0.4, 0.5) is 0 Å². The zero-order chi connectivity index (χ0) is 15.7. The maximum absolute atomic E-state index is 12.1. The fourth-order valence-electron chi connectivity index (χ4n) is 2.09. The molecule has 1 fully saturated rings. The van der Waals surface area contributed by atoms with Crippen molar-refractivity contribution >= 4 is 15.9 Å². The Bertz CT molecular complexity index is 628. The van der Waals surface area contributed by atoms with Crippen molar-refractivity contribution in [1.29, 1.82) is 0 Å². The molecule has 3 N–H and O–H groups in total. The minimum Gasteiger partial charge on any atom is -0.857 e. The third-order valence-corrected chi connectivity index (χ3v) is 4.61. The van der Waals surface area contributed by atoms with E-state index >= 15 is 0 Å². The number of sulfonamides is 1. The zero-order valence-corrected chi connectivity index (χ0v) is 13.1. The van der Waals surface area contributed by atoms with Gasteiger partial charge in [-0.05, 0) is 17.7 Å². The van der Waals surface area contributed by atoms with Crippen LogP contribution in [0.25, 0.3) is 0 Å². The molecule has 1 aromatic carbocycles. The Morgan fingerprint density at radius 3 is 2.24 bits per heavy atom. The van der Waals surface area contributed by atoms with Gasteiger partial charge in [0.2, 0.25) is 0 Å². The molecule has 1 aliphatic rings. The highest BCUT2D eigenvalue weighted by atomic mass is 32.2. The molecule has 2 rings (SSSR count). The van der Waals surface area contributed by atoms with Crippen molar-refractivity contribution in [3.8, 4) is 0 Å². The quantitative estimate of drug-likeness (QED) is 0.397. The zero-order valence-electron chi connectivity index (χ0n) is 12.3. The molecule has 7 nitrogen and oxygen atoms in total. The van der Waals surface area contributed by atoms with E-state index in [0.29, 0.717) is 5.56 Å². The Hall–Kier alpha value is -1.64. The summed E-state index contributed by atoms with van der Waals surface area (Å²) in [5, 5.41) is 21.0. The van der Waals surface area contributed by atoms with E-state index in [1.165, 1.54) is 24.3 Å². The van der Waals surface area contributed by atoms with Crippen LogP contribution in [0.1, 0.15) is 5.56 Å². The van der Waals surface area contributed by atoms with Crippen molar-refractivity contribution in [2.75, 3.05) is 40.3 Å². The van der Waals surface area contributed by atoms with Crippen molar-refractivity contribution in [3.05, 3.63) is 29.8 Å². The van der Waals surface area contributed by atoms with E-state index in [2.05, 4.69) is 24.3 Å². The lowest BCUT2D eigenvalue weighted by atomic mass is 10.2. The average Bonchev–Trinajstić information content (AvgIpc) is 2.40. The first-order valence-electron chi connectivity index (χ1n) is 6.68. The van der Waals surface area contributed by atoms with Gasteiger partial charge in [-0.15, -0.1) is 0 Å². The molecule has 1 heterocycles. The second-order valence-corrected chi connectivity index (χ2v) is 7.58. The lowest BCUT2D eigenvalue weighted by molar-refractivity contribution is -0.894. The summed E-state index contributed by atoms with van der Waals surface area (Å²) in [6.45, 7) is 3.36. The van der Waals surface area contributed by atoms with Crippen molar-refractivity contribution in [2.24, 2.45) is 5.10 Å². The molecule has 0 aromatic heterocycles. The van der Waals surface area contributed by atoms with Gasteiger partial charge in [0, 0.05) is 5.90 Å². The molecule has 0 atom stereocenters. The monoisotopic (exact) mass is 313 g/mol. The first-order valence-corrected chi connectivity index (χ1v) is 8.34. The number of hydrazone groups is 1. The van der Waals surface area contributed by atoms with E-state index in [0.717, 1.165) is 30.7 Å². The number of benzene rings is 1. The molecule has 1 saturated heterocycles. The lowest BCUT2D eigenvalue weighted by Crippen LogP contribution is -2.56. The number of hydrogen-bond acceptors (Lipinski definition) is 5. The summed E-state index contributed by atoms with van der Waals surface area (Å²) < 4.78 is 23.5. The number of likely N-dealkylation sites (N-methyl/N-ethyl adjacent to an activating group) is 1. The van der Waals surface area contributed by atoms with Crippen molar-refractivity contribution in [1.82, 2.24) is 5.01 Å². The minimum atomic E-state index is -3.49. The Morgan fingerprint density at radius 2 is 1.76 bits per heavy atom.